The number of amides is 5. The van der Waals surface area contributed by atoms with Gasteiger partial charge < -0.3 is 10.6 Å². The maximum Gasteiger partial charge on any atom is 0.344 e. The molecule has 9 nitrogen and oxygen atoms in total. The van der Waals surface area contributed by atoms with Crippen molar-refractivity contribution in [3.8, 4) is 0 Å². The van der Waals surface area contributed by atoms with Crippen LogP contribution in [0.15, 0.2) is 12.1 Å². The SMILES string of the molecule is CCCN(CC(=O)Nc1ccc(F)c(F)c1F)CC(=O)NN1C(=O)N[C@](C)(CC)C1=O. The van der Waals surface area contributed by atoms with E-state index in [4.69, 9.17) is 0 Å². The van der Waals surface area contributed by atoms with Gasteiger partial charge in [0.2, 0.25) is 5.91 Å². The van der Waals surface area contributed by atoms with Crippen molar-refractivity contribution in [3.63, 3.8) is 0 Å². The Hall–Kier alpha value is -3.15. The Bertz CT molecular complexity index is 898. The predicted octanol–water partition coefficient (Wildman–Crippen LogP) is 1.51. The summed E-state index contributed by atoms with van der Waals surface area (Å²) in [5, 5.41) is 5.20. The van der Waals surface area contributed by atoms with Crippen LogP contribution in [0.4, 0.5) is 23.7 Å². The molecule has 0 unspecified atom stereocenters. The number of imide groups is 1. The van der Waals surface area contributed by atoms with Crippen LogP contribution in [0.2, 0.25) is 0 Å². The van der Waals surface area contributed by atoms with Crippen molar-refractivity contribution in [1.82, 2.24) is 20.7 Å². The first kappa shape index (κ1) is 24.1. The maximum atomic E-state index is 13.7. The van der Waals surface area contributed by atoms with Crippen LogP contribution in [-0.4, -0.2) is 58.8 Å². The first-order chi connectivity index (χ1) is 14.5. The summed E-state index contributed by atoms with van der Waals surface area (Å²) in [6.45, 7) is 4.61. The third kappa shape index (κ3) is 5.51. The van der Waals surface area contributed by atoms with E-state index in [1.54, 1.807) is 13.8 Å². The van der Waals surface area contributed by atoms with E-state index in [2.05, 4.69) is 16.1 Å². The molecule has 1 aromatic carbocycles. The van der Waals surface area contributed by atoms with Gasteiger partial charge in [0.05, 0.1) is 18.8 Å². The van der Waals surface area contributed by atoms with E-state index >= 15 is 0 Å². The van der Waals surface area contributed by atoms with Crippen LogP contribution >= 0.6 is 0 Å². The summed E-state index contributed by atoms with van der Waals surface area (Å²) in [5.74, 6) is -6.73. The van der Waals surface area contributed by atoms with Gasteiger partial charge in [0, 0.05) is 0 Å². The Kier molecular flexibility index (Phi) is 7.60. The van der Waals surface area contributed by atoms with Crippen molar-refractivity contribution < 1.29 is 32.3 Å². The molecular formula is C19H24F3N5O4. The lowest BCUT2D eigenvalue weighted by Crippen LogP contribution is -2.51. The monoisotopic (exact) mass is 443 g/mol. The molecular weight excluding hydrogens is 419 g/mol. The van der Waals surface area contributed by atoms with Crippen LogP contribution in [0.1, 0.15) is 33.6 Å². The lowest BCUT2D eigenvalue weighted by atomic mass is 10.00. The number of urea groups is 1. The fourth-order valence-corrected chi connectivity index (χ4v) is 2.93. The molecule has 1 saturated heterocycles. The number of hydrogen-bond donors (Lipinski definition) is 3. The van der Waals surface area contributed by atoms with E-state index in [1.165, 1.54) is 11.8 Å². The van der Waals surface area contributed by atoms with Crippen LogP contribution in [0, 0.1) is 17.5 Å². The van der Waals surface area contributed by atoms with E-state index in [0.29, 0.717) is 23.9 Å². The van der Waals surface area contributed by atoms with Crippen molar-refractivity contribution in [2.24, 2.45) is 0 Å². The number of halogens is 3. The molecule has 1 aliphatic heterocycles. The summed E-state index contributed by atoms with van der Waals surface area (Å²) in [4.78, 5) is 50.3. The number of hydrogen-bond acceptors (Lipinski definition) is 5. The average Bonchev–Trinajstić information content (AvgIpc) is 2.92. The number of nitrogens with one attached hydrogen (secondary N) is 3. The zero-order chi connectivity index (χ0) is 23.3. The Balaban J connectivity index is 1.99. The van der Waals surface area contributed by atoms with Gasteiger partial charge in [-0.3, -0.25) is 24.7 Å². The van der Waals surface area contributed by atoms with Crippen molar-refractivity contribution in [3.05, 3.63) is 29.6 Å². The molecule has 12 heteroatoms. The highest BCUT2D eigenvalue weighted by atomic mass is 19.2. The molecule has 0 aromatic heterocycles. The van der Waals surface area contributed by atoms with E-state index in [9.17, 15) is 32.3 Å². The molecule has 0 saturated carbocycles. The van der Waals surface area contributed by atoms with E-state index < -0.39 is 52.4 Å². The minimum absolute atomic E-state index is 0.286. The van der Waals surface area contributed by atoms with Crippen LogP contribution in [-0.2, 0) is 14.4 Å². The summed E-state index contributed by atoms with van der Waals surface area (Å²) in [6.07, 6.45) is 0.879. The Labute approximate surface area is 176 Å². The first-order valence-electron chi connectivity index (χ1n) is 9.64. The molecule has 1 aromatic rings. The number of carbonyl (C=O) groups is 4. The second-order valence-electron chi connectivity index (χ2n) is 7.27. The minimum atomic E-state index is -1.71. The second-order valence-corrected chi connectivity index (χ2v) is 7.27. The number of nitrogens with zero attached hydrogens (tertiary/aromatic N) is 2. The highest BCUT2D eigenvalue weighted by Crippen LogP contribution is 2.20. The van der Waals surface area contributed by atoms with Crippen LogP contribution in [0.25, 0.3) is 0 Å². The molecule has 0 spiro atoms. The van der Waals surface area contributed by atoms with Gasteiger partial charge in [-0.15, -0.1) is 0 Å². The molecule has 170 valence electrons. The Morgan fingerprint density at radius 3 is 2.32 bits per heavy atom. The fourth-order valence-electron chi connectivity index (χ4n) is 2.93. The Morgan fingerprint density at radius 2 is 1.74 bits per heavy atom. The summed E-state index contributed by atoms with van der Waals surface area (Å²) >= 11 is 0. The Morgan fingerprint density at radius 1 is 1.10 bits per heavy atom. The predicted molar refractivity (Wildman–Crippen MR) is 104 cm³/mol. The first-order valence-corrected chi connectivity index (χ1v) is 9.64. The highest BCUT2D eigenvalue weighted by Gasteiger charge is 2.47. The smallest absolute Gasteiger partial charge is 0.322 e. The molecule has 31 heavy (non-hydrogen) atoms. The third-order valence-electron chi connectivity index (χ3n) is 4.79. The van der Waals surface area contributed by atoms with Crippen molar-refractivity contribution in [2.45, 2.75) is 39.2 Å². The number of anilines is 1. The maximum absolute atomic E-state index is 13.7. The number of hydrazine groups is 1. The molecule has 5 amide bonds. The lowest BCUT2D eigenvalue weighted by molar-refractivity contribution is -0.139. The molecule has 1 heterocycles. The van der Waals surface area contributed by atoms with Gasteiger partial charge in [-0.2, -0.15) is 5.01 Å². The van der Waals surface area contributed by atoms with Gasteiger partial charge in [0.25, 0.3) is 11.8 Å². The summed E-state index contributed by atoms with van der Waals surface area (Å²) < 4.78 is 40.0. The van der Waals surface area contributed by atoms with Gasteiger partial charge in [0.15, 0.2) is 17.5 Å². The van der Waals surface area contributed by atoms with Crippen LogP contribution < -0.4 is 16.1 Å². The lowest BCUT2D eigenvalue weighted by Gasteiger charge is -2.23. The summed E-state index contributed by atoms with van der Waals surface area (Å²) in [5.41, 5.74) is 0.549. The molecule has 2 rings (SSSR count). The van der Waals surface area contributed by atoms with Gasteiger partial charge in [0.1, 0.15) is 5.54 Å². The molecule has 0 radical (unpaired) electrons. The quantitative estimate of drug-likeness (QED) is 0.396. The molecule has 1 atom stereocenters. The highest BCUT2D eigenvalue weighted by molar-refractivity contribution is 6.07. The number of benzene rings is 1. The minimum Gasteiger partial charge on any atom is -0.322 e. The van der Waals surface area contributed by atoms with Gasteiger partial charge >= 0.3 is 6.03 Å². The second kappa shape index (κ2) is 9.77. The van der Waals surface area contributed by atoms with Crippen LogP contribution in [0.5, 0.6) is 0 Å². The van der Waals surface area contributed by atoms with Crippen molar-refractivity contribution in [2.75, 3.05) is 25.0 Å². The van der Waals surface area contributed by atoms with E-state index in [-0.39, 0.29) is 19.6 Å². The molecule has 1 fully saturated rings. The van der Waals surface area contributed by atoms with E-state index in [0.717, 1.165) is 6.07 Å². The normalized spacial score (nSPS) is 18.4. The van der Waals surface area contributed by atoms with Crippen LogP contribution in [0.3, 0.4) is 0 Å². The van der Waals surface area contributed by atoms with Gasteiger partial charge in [-0.05, 0) is 38.4 Å². The van der Waals surface area contributed by atoms with E-state index in [1.807, 2.05) is 0 Å². The largest absolute Gasteiger partial charge is 0.344 e. The topological polar surface area (TPSA) is 111 Å². The van der Waals surface area contributed by atoms with Gasteiger partial charge in [-0.1, -0.05) is 13.8 Å². The zero-order valence-corrected chi connectivity index (χ0v) is 17.4. The summed E-state index contributed by atoms with van der Waals surface area (Å²) in [6, 6.07) is 0.787. The number of carbonyl (C=O) groups excluding carboxylic acids is 4. The fraction of sp³-hybridized carbons (Fsp3) is 0.474. The molecule has 0 aliphatic carbocycles. The molecule has 1 aliphatic rings. The zero-order valence-electron chi connectivity index (χ0n) is 17.4. The number of rotatable bonds is 9. The average molecular weight is 443 g/mol. The summed E-state index contributed by atoms with van der Waals surface area (Å²) in [7, 11) is 0. The van der Waals surface area contributed by atoms with Crippen molar-refractivity contribution >= 4 is 29.4 Å². The molecule has 3 N–H and O–H groups in total. The standard InChI is InChI=1S/C19H24F3N5O4/c1-4-8-26(9-13(28)23-12-7-6-11(20)15(21)16(12)22)10-14(29)25-27-17(30)19(3,5-2)24-18(27)31/h6-7H,4-5,8-10H2,1-3H3,(H,23,28)(H,24,31)(H,25,29)/t19-/m1/s1. The van der Waals surface area contributed by atoms with Crippen molar-refractivity contribution in [1.29, 1.82) is 0 Å². The molecule has 0 bridgehead atoms. The van der Waals surface area contributed by atoms with Gasteiger partial charge in [-0.25, -0.2) is 18.0 Å². The third-order valence-corrected chi connectivity index (χ3v) is 4.79.